The average Bonchev–Trinajstić information content (AvgIpc) is 2.74. The van der Waals surface area contributed by atoms with E-state index in [9.17, 15) is 22.0 Å². The summed E-state index contributed by atoms with van der Waals surface area (Å²) >= 11 is 1.99. The summed E-state index contributed by atoms with van der Waals surface area (Å²) in [6.07, 6.45) is 10.5. The van der Waals surface area contributed by atoms with Crippen LogP contribution in [0.5, 0.6) is 0 Å². The van der Waals surface area contributed by atoms with Gasteiger partial charge in [0.1, 0.15) is 5.56 Å². The molecule has 31 heavy (non-hydrogen) atoms. The first-order chi connectivity index (χ1) is 14.9. The van der Waals surface area contributed by atoms with Crippen molar-refractivity contribution < 1.29 is 26.7 Å². The van der Waals surface area contributed by atoms with Crippen LogP contribution in [0.1, 0.15) is 83.6 Å². The van der Waals surface area contributed by atoms with E-state index in [0.717, 1.165) is 44.5 Å². The Labute approximate surface area is 187 Å². The Morgan fingerprint density at radius 3 is 1.74 bits per heavy atom. The standard InChI is InChI=1S/C24H33F5OS/c1-18(2)30-15-13-17-31-16-12-10-8-6-4-3-5-7-9-11-14-19-20(25)22(27)24(29)23(28)21(19)26/h18H,3-10,12-13,15-17H2,1-2H3. The predicted molar refractivity (Wildman–Crippen MR) is 118 cm³/mol. The van der Waals surface area contributed by atoms with E-state index in [4.69, 9.17) is 4.74 Å². The molecule has 0 saturated heterocycles. The van der Waals surface area contributed by atoms with Gasteiger partial charge in [0.15, 0.2) is 23.3 Å². The van der Waals surface area contributed by atoms with E-state index in [1.807, 2.05) is 11.8 Å². The van der Waals surface area contributed by atoms with Crippen molar-refractivity contribution >= 4 is 11.8 Å². The van der Waals surface area contributed by atoms with Gasteiger partial charge in [0.05, 0.1) is 6.10 Å². The van der Waals surface area contributed by atoms with Gasteiger partial charge in [-0.05, 0) is 44.6 Å². The molecule has 0 radical (unpaired) electrons. The van der Waals surface area contributed by atoms with Gasteiger partial charge in [-0.2, -0.15) is 11.8 Å². The smallest absolute Gasteiger partial charge is 0.200 e. The minimum absolute atomic E-state index is 0.311. The summed E-state index contributed by atoms with van der Waals surface area (Å²) in [7, 11) is 0. The summed E-state index contributed by atoms with van der Waals surface area (Å²) in [6, 6.07) is 0. The molecule has 0 atom stereocenters. The number of unbranched alkanes of at least 4 members (excludes halogenated alkanes) is 8. The summed E-state index contributed by atoms with van der Waals surface area (Å²) in [5.74, 6) is -2.88. The van der Waals surface area contributed by atoms with Gasteiger partial charge in [0, 0.05) is 13.0 Å². The fraction of sp³-hybridized carbons (Fsp3) is 0.667. The lowest BCUT2D eigenvalue weighted by molar-refractivity contribution is 0.0800. The lowest BCUT2D eigenvalue weighted by atomic mass is 10.1. The zero-order valence-corrected chi connectivity index (χ0v) is 19.3. The fourth-order valence-electron chi connectivity index (χ4n) is 2.93. The molecule has 0 fully saturated rings. The molecule has 0 bridgehead atoms. The van der Waals surface area contributed by atoms with Crippen molar-refractivity contribution in [3.63, 3.8) is 0 Å². The topological polar surface area (TPSA) is 9.23 Å². The highest BCUT2D eigenvalue weighted by Gasteiger charge is 2.24. The largest absolute Gasteiger partial charge is 0.379 e. The zero-order chi connectivity index (χ0) is 23.1. The Hall–Kier alpha value is -1.26. The molecule has 1 nitrogen and oxygen atoms in total. The van der Waals surface area contributed by atoms with Crippen LogP contribution in [0.15, 0.2) is 0 Å². The van der Waals surface area contributed by atoms with E-state index in [2.05, 4.69) is 25.7 Å². The lowest BCUT2D eigenvalue weighted by Crippen LogP contribution is -2.04. The van der Waals surface area contributed by atoms with Crippen LogP contribution >= 0.6 is 11.8 Å². The Morgan fingerprint density at radius 2 is 1.16 bits per heavy atom. The Morgan fingerprint density at radius 1 is 0.677 bits per heavy atom. The summed E-state index contributed by atoms with van der Waals surface area (Å²) in [5.41, 5.74) is -1.06. The number of ether oxygens (including phenoxy) is 1. The van der Waals surface area contributed by atoms with Crippen LogP contribution in [0.25, 0.3) is 0 Å². The molecular formula is C24H33F5OS. The van der Waals surface area contributed by atoms with Gasteiger partial charge in [0.2, 0.25) is 5.82 Å². The highest BCUT2D eigenvalue weighted by atomic mass is 32.2. The van der Waals surface area contributed by atoms with Crippen LogP contribution in [0.2, 0.25) is 0 Å². The number of halogens is 5. The molecule has 0 aromatic heterocycles. The SMILES string of the molecule is CC(C)OCCCSCCCCCCCCCCC#Cc1c(F)c(F)c(F)c(F)c1F. The number of hydrogen-bond donors (Lipinski definition) is 0. The summed E-state index contributed by atoms with van der Waals surface area (Å²) in [4.78, 5) is 0. The second kappa shape index (κ2) is 16.4. The van der Waals surface area contributed by atoms with E-state index < -0.39 is 34.6 Å². The summed E-state index contributed by atoms with van der Waals surface area (Å²) < 4.78 is 71.7. The van der Waals surface area contributed by atoms with Crippen molar-refractivity contribution in [3.05, 3.63) is 34.6 Å². The Bertz CT molecular complexity index is 683. The third kappa shape index (κ3) is 11.2. The van der Waals surface area contributed by atoms with Crippen LogP contribution in [-0.4, -0.2) is 24.2 Å². The van der Waals surface area contributed by atoms with Crippen molar-refractivity contribution in [2.24, 2.45) is 0 Å². The molecule has 0 heterocycles. The number of rotatable bonds is 15. The summed E-state index contributed by atoms with van der Waals surface area (Å²) in [6.45, 7) is 4.94. The molecule has 0 aliphatic heterocycles. The van der Waals surface area contributed by atoms with Crippen molar-refractivity contribution in [2.45, 2.75) is 84.2 Å². The van der Waals surface area contributed by atoms with Gasteiger partial charge in [-0.3, -0.25) is 0 Å². The first kappa shape index (κ1) is 27.8. The van der Waals surface area contributed by atoms with Crippen LogP contribution in [0, 0.1) is 40.9 Å². The molecule has 0 aliphatic carbocycles. The zero-order valence-electron chi connectivity index (χ0n) is 18.5. The highest BCUT2D eigenvalue weighted by Crippen LogP contribution is 2.22. The number of benzene rings is 1. The molecule has 0 saturated carbocycles. The van der Waals surface area contributed by atoms with E-state index in [1.165, 1.54) is 31.4 Å². The minimum atomic E-state index is -2.16. The van der Waals surface area contributed by atoms with Crippen LogP contribution in [-0.2, 0) is 4.74 Å². The predicted octanol–water partition coefficient (Wildman–Crippen LogP) is 7.79. The van der Waals surface area contributed by atoms with E-state index in [0.29, 0.717) is 12.5 Å². The fourth-order valence-corrected chi connectivity index (χ4v) is 3.86. The number of thioether (sulfide) groups is 1. The molecule has 176 valence electrons. The van der Waals surface area contributed by atoms with Gasteiger partial charge in [0.25, 0.3) is 0 Å². The molecule has 7 heteroatoms. The van der Waals surface area contributed by atoms with Gasteiger partial charge >= 0.3 is 0 Å². The molecule has 0 spiro atoms. The van der Waals surface area contributed by atoms with Crippen molar-refractivity contribution in [2.75, 3.05) is 18.1 Å². The maximum Gasteiger partial charge on any atom is 0.200 e. The average molecular weight is 465 g/mol. The second-order valence-corrected chi connectivity index (χ2v) is 8.94. The van der Waals surface area contributed by atoms with Gasteiger partial charge < -0.3 is 4.74 Å². The quantitative estimate of drug-likeness (QED) is 0.0861. The van der Waals surface area contributed by atoms with Crippen LogP contribution in [0.3, 0.4) is 0 Å². The molecule has 0 N–H and O–H groups in total. The molecular weight excluding hydrogens is 431 g/mol. The van der Waals surface area contributed by atoms with Crippen molar-refractivity contribution in [1.82, 2.24) is 0 Å². The maximum atomic E-state index is 13.5. The highest BCUT2D eigenvalue weighted by molar-refractivity contribution is 7.99. The maximum absolute atomic E-state index is 13.5. The Balaban J connectivity index is 2.02. The number of hydrogen-bond acceptors (Lipinski definition) is 2. The molecule has 0 unspecified atom stereocenters. The van der Waals surface area contributed by atoms with Crippen LogP contribution < -0.4 is 0 Å². The molecule has 1 aromatic rings. The second-order valence-electron chi connectivity index (χ2n) is 7.71. The third-order valence-corrected chi connectivity index (χ3v) is 5.80. The first-order valence-electron chi connectivity index (χ1n) is 11.1. The monoisotopic (exact) mass is 464 g/mol. The third-order valence-electron chi connectivity index (χ3n) is 4.65. The first-order valence-corrected chi connectivity index (χ1v) is 12.2. The van der Waals surface area contributed by atoms with Gasteiger partial charge in [-0.1, -0.05) is 50.4 Å². The summed E-state index contributed by atoms with van der Waals surface area (Å²) in [5, 5.41) is 0. The minimum Gasteiger partial charge on any atom is -0.379 e. The molecule has 0 aliphatic rings. The normalized spacial score (nSPS) is 11.1. The van der Waals surface area contributed by atoms with Crippen molar-refractivity contribution in [1.29, 1.82) is 0 Å². The van der Waals surface area contributed by atoms with Gasteiger partial charge in [-0.25, -0.2) is 22.0 Å². The van der Waals surface area contributed by atoms with Crippen LogP contribution in [0.4, 0.5) is 22.0 Å². The lowest BCUT2D eigenvalue weighted by Gasteiger charge is -2.06. The van der Waals surface area contributed by atoms with E-state index in [1.54, 1.807) is 0 Å². The van der Waals surface area contributed by atoms with E-state index >= 15 is 0 Å². The van der Waals surface area contributed by atoms with Gasteiger partial charge in [-0.15, -0.1) is 0 Å². The molecule has 1 aromatic carbocycles. The van der Waals surface area contributed by atoms with Crippen molar-refractivity contribution in [3.8, 4) is 11.8 Å². The molecule has 1 rings (SSSR count). The molecule has 0 amide bonds. The van der Waals surface area contributed by atoms with E-state index in [-0.39, 0.29) is 0 Å². The Kier molecular flexibility index (Phi) is 14.7.